The molecule has 0 aliphatic carbocycles. The van der Waals surface area contributed by atoms with Crippen molar-refractivity contribution in [2.75, 3.05) is 0 Å². The molecule has 2 rings (SSSR count). The summed E-state index contributed by atoms with van der Waals surface area (Å²) < 4.78 is 28.5. The molecule has 1 heterocycles. The Morgan fingerprint density at radius 2 is 1.95 bits per heavy atom. The molecule has 2 N–H and O–H groups in total. The maximum atomic E-state index is 11.5. The number of hydrogen-bond acceptors (Lipinski definition) is 4. The molecule has 0 aliphatic rings. The summed E-state index contributed by atoms with van der Waals surface area (Å²) in [6.45, 7) is 3.79. The van der Waals surface area contributed by atoms with Crippen LogP contribution in [0.5, 0.6) is 11.6 Å². The van der Waals surface area contributed by atoms with Gasteiger partial charge in [-0.3, -0.25) is 0 Å². The largest absolute Gasteiger partial charge is 0.437 e. The number of aromatic nitrogens is 1. The zero-order valence-electron chi connectivity index (χ0n) is 10.6. The number of benzene rings is 1. The van der Waals surface area contributed by atoms with Gasteiger partial charge in [0.15, 0.2) is 0 Å². The van der Waals surface area contributed by atoms with Gasteiger partial charge in [0.25, 0.3) is 0 Å². The van der Waals surface area contributed by atoms with Crippen LogP contribution < -0.4 is 9.88 Å². The lowest BCUT2D eigenvalue weighted by Crippen LogP contribution is -2.13. The minimum Gasteiger partial charge on any atom is -0.437 e. The predicted octanol–water partition coefficient (Wildman–Crippen LogP) is 2.14. The summed E-state index contributed by atoms with van der Waals surface area (Å²) >= 11 is 0. The van der Waals surface area contributed by atoms with Crippen LogP contribution >= 0.6 is 0 Å². The van der Waals surface area contributed by atoms with Crippen molar-refractivity contribution in [2.45, 2.75) is 18.7 Å². The van der Waals surface area contributed by atoms with E-state index in [-0.39, 0.29) is 10.8 Å². The molecule has 1 aromatic heterocycles. The highest BCUT2D eigenvalue weighted by molar-refractivity contribution is 7.89. The van der Waals surface area contributed by atoms with Gasteiger partial charge >= 0.3 is 0 Å². The van der Waals surface area contributed by atoms with Crippen LogP contribution in [0.1, 0.15) is 11.1 Å². The molecule has 5 nitrogen and oxygen atoms in total. The maximum absolute atomic E-state index is 11.5. The average molecular weight is 278 g/mol. The summed E-state index contributed by atoms with van der Waals surface area (Å²) in [5, 5.41) is 5.13. The topological polar surface area (TPSA) is 82.3 Å². The minimum atomic E-state index is -3.86. The fourth-order valence-corrected chi connectivity index (χ4v) is 2.20. The number of pyridine rings is 1. The van der Waals surface area contributed by atoms with Gasteiger partial charge in [-0.05, 0) is 43.2 Å². The summed E-state index contributed by atoms with van der Waals surface area (Å²) in [7, 11) is -3.86. The monoisotopic (exact) mass is 278 g/mol. The average Bonchev–Trinajstić information content (AvgIpc) is 2.33. The van der Waals surface area contributed by atoms with Crippen LogP contribution in [0.15, 0.2) is 41.4 Å². The normalized spacial score (nSPS) is 11.3. The zero-order chi connectivity index (χ0) is 14.0. The molecule has 0 amide bonds. The summed E-state index contributed by atoms with van der Waals surface area (Å²) in [5.41, 5.74) is 1.89. The first-order valence-corrected chi connectivity index (χ1v) is 7.15. The van der Waals surface area contributed by atoms with Gasteiger partial charge in [0, 0.05) is 6.20 Å². The molecule has 0 fully saturated rings. The van der Waals surface area contributed by atoms with Crippen molar-refractivity contribution in [3.05, 3.63) is 47.7 Å². The van der Waals surface area contributed by atoms with Gasteiger partial charge in [-0.25, -0.2) is 18.5 Å². The summed E-state index contributed by atoms with van der Waals surface area (Å²) in [6, 6.07) is 8.51. The van der Waals surface area contributed by atoms with E-state index in [1.165, 1.54) is 18.3 Å². The van der Waals surface area contributed by atoms with Gasteiger partial charge in [-0.15, -0.1) is 0 Å². The molecule has 0 unspecified atom stereocenters. The van der Waals surface area contributed by atoms with Crippen LogP contribution in [0, 0.1) is 13.8 Å². The Kier molecular flexibility index (Phi) is 3.55. The van der Waals surface area contributed by atoms with E-state index in [0.29, 0.717) is 5.75 Å². The lowest BCUT2D eigenvalue weighted by Gasteiger charge is -2.11. The number of rotatable bonds is 3. The molecular weight excluding hydrogens is 264 g/mol. The van der Waals surface area contributed by atoms with E-state index < -0.39 is 10.0 Å². The Morgan fingerprint density at radius 3 is 2.63 bits per heavy atom. The minimum absolute atomic E-state index is 0.0151. The van der Waals surface area contributed by atoms with Crippen LogP contribution in [0.25, 0.3) is 0 Å². The van der Waals surface area contributed by atoms with Gasteiger partial charge in [0.05, 0.1) is 0 Å². The van der Waals surface area contributed by atoms with E-state index in [2.05, 4.69) is 4.98 Å². The molecule has 6 heteroatoms. The van der Waals surface area contributed by atoms with Crippen molar-refractivity contribution < 1.29 is 13.2 Å². The van der Waals surface area contributed by atoms with E-state index in [1.807, 2.05) is 32.0 Å². The maximum Gasteiger partial charge on any atom is 0.243 e. The van der Waals surface area contributed by atoms with E-state index in [4.69, 9.17) is 9.88 Å². The molecule has 0 spiro atoms. The highest BCUT2D eigenvalue weighted by Crippen LogP contribution is 2.28. The first-order chi connectivity index (χ1) is 8.88. The Hall–Kier alpha value is -1.92. The molecular formula is C13H14N2O3S. The van der Waals surface area contributed by atoms with Crippen LogP contribution in [0.3, 0.4) is 0 Å². The van der Waals surface area contributed by atoms with Crippen LogP contribution in [0.2, 0.25) is 0 Å². The van der Waals surface area contributed by atoms with E-state index in [0.717, 1.165) is 11.1 Å². The van der Waals surface area contributed by atoms with Crippen LogP contribution in [-0.2, 0) is 10.0 Å². The van der Waals surface area contributed by atoms with Gasteiger partial charge < -0.3 is 4.74 Å². The number of ether oxygens (including phenoxy) is 1. The predicted molar refractivity (Wildman–Crippen MR) is 71.6 cm³/mol. The Morgan fingerprint density at radius 1 is 1.21 bits per heavy atom. The van der Waals surface area contributed by atoms with Crippen molar-refractivity contribution in [1.29, 1.82) is 0 Å². The molecule has 1 aromatic carbocycles. The van der Waals surface area contributed by atoms with Crippen LogP contribution in [-0.4, -0.2) is 13.4 Å². The van der Waals surface area contributed by atoms with Gasteiger partial charge in [-0.1, -0.05) is 12.1 Å². The van der Waals surface area contributed by atoms with Crippen molar-refractivity contribution in [3.8, 4) is 11.6 Å². The van der Waals surface area contributed by atoms with Gasteiger partial charge in [-0.2, -0.15) is 0 Å². The molecule has 0 aliphatic heterocycles. The molecule has 0 atom stereocenters. The third-order valence-corrected chi connectivity index (χ3v) is 3.52. The first kappa shape index (κ1) is 13.5. The standard InChI is InChI=1S/C13H14N2O3S/c1-9-5-6-10(2)11(8-9)18-13-12(19(14,16)17)4-3-7-15-13/h3-8H,1-2H3,(H2,14,16,17). The summed E-state index contributed by atoms with van der Waals surface area (Å²) in [6.07, 6.45) is 1.45. The number of nitrogens with zero attached hydrogens (tertiary/aromatic N) is 1. The number of sulfonamides is 1. The number of primary sulfonamides is 1. The molecule has 0 saturated heterocycles. The quantitative estimate of drug-likeness (QED) is 0.932. The van der Waals surface area contributed by atoms with Crippen molar-refractivity contribution in [2.24, 2.45) is 5.14 Å². The second-order valence-corrected chi connectivity index (χ2v) is 5.75. The lowest BCUT2D eigenvalue weighted by molar-refractivity contribution is 0.443. The summed E-state index contributed by atoms with van der Waals surface area (Å²) in [4.78, 5) is 3.80. The van der Waals surface area contributed by atoms with Crippen LogP contribution in [0.4, 0.5) is 0 Å². The van der Waals surface area contributed by atoms with Crippen molar-refractivity contribution >= 4 is 10.0 Å². The number of aryl methyl sites for hydroxylation is 2. The van der Waals surface area contributed by atoms with Gasteiger partial charge in [0.1, 0.15) is 10.6 Å². The number of nitrogens with two attached hydrogens (primary N) is 1. The second kappa shape index (κ2) is 4.99. The summed E-state index contributed by atoms with van der Waals surface area (Å²) in [5.74, 6) is 0.544. The Bertz CT molecular complexity index is 712. The van der Waals surface area contributed by atoms with Crippen molar-refractivity contribution in [3.63, 3.8) is 0 Å². The Labute approximate surface area is 112 Å². The number of hydrogen-bond donors (Lipinski definition) is 1. The Balaban J connectivity index is 2.47. The van der Waals surface area contributed by atoms with Crippen molar-refractivity contribution in [1.82, 2.24) is 4.98 Å². The smallest absolute Gasteiger partial charge is 0.243 e. The van der Waals surface area contributed by atoms with E-state index in [9.17, 15) is 8.42 Å². The first-order valence-electron chi connectivity index (χ1n) is 5.61. The van der Waals surface area contributed by atoms with E-state index in [1.54, 1.807) is 0 Å². The zero-order valence-corrected chi connectivity index (χ0v) is 11.4. The van der Waals surface area contributed by atoms with E-state index >= 15 is 0 Å². The van der Waals surface area contributed by atoms with Gasteiger partial charge in [0.2, 0.25) is 15.9 Å². The molecule has 100 valence electrons. The fraction of sp³-hybridized carbons (Fsp3) is 0.154. The highest BCUT2D eigenvalue weighted by atomic mass is 32.2. The second-order valence-electron chi connectivity index (χ2n) is 4.22. The third kappa shape index (κ3) is 3.10. The SMILES string of the molecule is Cc1ccc(C)c(Oc2ncccc2S(N)(=O)=O)c1. The molecule has 0 radical (unpaired) electrons. The third-order valence-electron chi connectivity index (χ3n) is 2.59. The molecule has 19 heavy (non-hydrogen) atoms. The lowest BCUT2D eigenvalue weighted by atomic mass is 10.1. The molecule has 2 aromatic rings. The molecule has 0 bridgehead atoms. The molecule has 0 saturated carbocycles. The fourth-order valence-electron chi connectivity index (χ4n) is 1.59. The highest BCUT2D eigenvalue weighted by Gasteiger charge is 2.17.